The van der Waals surface area contributed by atoms with Crippen LogP contribution in [0.4, 0.5) is 0 Å². The number of ether oxygens (including phenoxy) is 2. The molecule has 0 saturated heterocycles. The van der Waals surface area contributed by atoms with Gasteiger partial charge in [0.05, 0.1) is 13.7 Å². The van der Waals surface area contributed by atoms with Crippen LogP contribution in [0.5, 0.6) is 5.75 Å². The zero-order valence-corrected chi connectivity index (χ0v) is 13.9. The molecule has 2 rings (SSSR count). The number of carbonyl (C=O) groups is 1. The summed E-state index contributed by atoms with van der Waals surface area (Å²) in [5, 5.41) is 0. The van der Waals surface area contributed by atoms with Gasteiger partial charge in [-0.15, -0.1) is 11.3 Å². The first kappa shape index (κ1) is 16.5. The fraction of sp³-hybridized carbons (Fsp3) is 0.353. The van der Waals surface area contributed by atoms with Crippen LogP contribution in [0.1, 0.15) is 28.2 Å². The smallest absolute Gasteiger partial charge is 0.323 e. The van der Waals surface area contributed by atoms with Gasteiger partial charge in [-0.3, -0.25) is 4.79 Å². The molecule has 0 amide bonds. The van der Waals surface area contributed by atoms with Crippen LogP contribution >= 0.6 is 11.3 Å². The highest BCUT2D eigenvalue weighted by atomic mass is 32.1. The van der Waals surface area contributed by atoms with Crippen LogP contribution in [0.3, 0.4) is 0 Å². The molecule has 0 spiro atoms. The molecule has 0 saturated carbocycles. The first-order valence-corrected chi connectivity index (χ1v) is 8.01. The zero-order chi connectivity index (χ0) is 16.1. The highest BCUT2D eigenvalue weighted by molar-refractivity contribution is 7.12. The van der Waals surface area contributed by atoms with Crippen LogP contribution in [0, 0.1) is 6.92 Å². The van der Waals surface area contributed by atoms with E-state index in [-0.39, 0.29) is 11.9 Å². The summed E-state index contributed by atoms with van der Waals surface area (Å²) in [6.45, 7) is 4.14. The molecule has 1 aromatic carbocycles. The quantitative estimate of drug-likeness (QED) is 0.831. The number of esters is 1. The van der Waals surface area contributed by atoms with Crippen molar-refractivity contribution in [2.45, 2.75) is 25.8 Å². The van der Waals surface area contributed by atoms with Crippen molar-refractivity contribution in [1.29, 1.82) is 0 Å². The van der Waals surface area contributed by atoms with Gasteiger partial charge >= 0.3 is 5.97 Å². The van der Waals surface area contributed by atoms with Crippen molar-refractivity contribution in [1.82, 2.24) is 0 Å². The lowest BCUT2D eigenvalue weighted by Crippen LogP contribution is -2.38. The summed E-state index contributed by atoms with van der Waals surface area (Å²) in [5.41, 5.74) is 7.17. The minimum Gasteiger partial charge on any atom is -0.497 e. The summed E-state index contributed by atoms with van der Waals surface area (Å²) in [6, 6.07) is 11.0. The highest BCUT2D eigenvalue weighted by Crippen LogP contribution is 2.33. The van der Waals surface area contributed by atoms with Crippen molar-refractivity contribution < 1.29 is 14.3 Å². The molecule has 0 aliphatic carbocycles. The molecule has 0 unspecified atom stereocenters. The van der Waals surface area contributed by atoms with Gasteiger partial charge in [0, 0.05) is 15.7 Å². The molecule has 2 aromatic rings. The van der Waals surface area contributed by atoms with Crippen molar-refractivity contribution in [2.75, 3.05) is 13.7 Å². The molecule has 1 aromatic heterocycles. The topological polar surface area (TPSA) is 61.5 Å². The molecule has 2 N–H and O–H groups in total. The Morgan fingerprint density at radius 3 is 2.41 bits per heavy atom. The van der Waals surface area contributed by atoms with Crippen molar-refractivity contribution in [3.63, 3.8) is 0 Å². The molecule has 0 fully saturated rings. The number of nitrogens with two attached hydrogens (primary N) is 1. The van der Waals surface area contributed by atoms with E-state index in [0.717, 1.165) is 16.2 Å². The van der Waals surface area contributed by atoms with Crippen molar-refractivity contribution in [3.8, 4) is 5.75 Å². The average molecular weight is 319 g/mol. The number of hydrogen-bond acceptors (Lipinski definition) is 5. The van der Waals surface area contributed by atoms with Crippen molar-refractivity contribution in [2.24, 2.45) is 5.73 Å². The fourth-order valence-corrected chi connectivity index (χ4v) is 3.41. The van der Waals surface area contributed by atoms with E-state index < -0.39 is 6.04 Å². The van der Waals surface area contributed by atoms with Crippen molar-refractivity contribution >= 4 is 17.3 Å². The second kappa shape index (κ2) is 7.42. The lowest BCUT2D eigenvalue weighted by Gasteiger charge is -2.22. The van der Waals surface area contributed by atoms with E-state index >= 15 is 0 Å². The Hall–Kier alpha value is -1.85. The van der Waals surface area contributed by atoms with Gasteiger partial charge in [-0.1, -0.05) is 12.1 Å². The molecule has 0 bridgehead atoms. The lowest BCUT2D eigenvalue weighted by molar-refractivity contribution is -0.145. The first-order valence-electron chi connectivity index (χ1n) is 7.19. The van der Waals surface area contributed by atoms with Crippen LogP contribution < -0.4 is 10.5 Å². The SMILES string of the molecule is CCOC(=O)[C@@H](N)[C@@H](c1ccc(OC)cc1)c1ccc(C)s1. The molecular weight excluding hydrogens is 298 g/mol. The Labute approximate surface area is 134 Å². The molecule has 4 nitrogen and oxygen atoms in total. The van der Waals surface area contributed by atoms with Gasteiger partial charge < -0.3 is 15.2 Å². The largest absolute Gasteiger partial charge is 0.497 e. The Morgan fingerprint density at radius 2 is 1.91 bits per heavy atom. The van der Waals surface area contributed by atoms with Gasteiger partial charge in [0.15, 0.2) is 0 Å². The highest BCUT2D eigenvalue weighted by Gasteiger charge is 2.29. The molecule has 22 heavy (non-hydrogen) atoms. The summed E-state index contributed by atoms with van der Waals surface area (Å²) in [6.07, 6.45) is 0. The van der Waals surface area contributed by atoms with E-state index in [9.17, 15) is 4.79 Å². The van der Waals surface area contributed by atoms with E-state index in [4.69, 9.17) is 15.2 Å². The Kier molecular flexibility index (Phi) is 5.57. The first-order chi connectivity index (χ1) is 10.6. The number of benzene rings is 1. The molecule has 0 aliphatic heterocycles. The van der Waals surface area contributed by atoms with Gasteiger partial charge in [-0.2, -0.15) is 0 Å². The molecule has 5 heteroatoms. The van der Waals surface area contributed by atoms with Crippen LogP contribution in [-0.2, 0) is 9.53 Å². The lowest BCUT2D eigenvalue weighted by atomic mass is 9.90. The second-order valence-corrected chi connectivity index (χ2v) is 6.30. The maximum absolute atomic E-state index is 12.1. The molecule has 2 atom stereocenters. The normalized spacial score (nSPS) is 13.5. The number of thiophene rings is 1. The third-order valence-corrected chi connectivity index (χ3v) is 4.54. The monoisotopic (exact) mass is 319 g/mol. The Bertz CT molecular complexity index is 621. The Morgan fingerprint density at radius 1 is 1.23 bits per heavy atom. The van der Waals surface area contributed by atoms with Crippen LogP contribution in [0.2, 0.25) is 0 Å². The zero-order valence-electron chi connectivity index (χ0n) is 13.0. The maximum Gasteiger partial charge on any atom is 0.323 e. The summed E-state index contributed by atoms with van der Waals surface area (Å²) in [5.74, 6) is 0.174. The van der Waals surface area contributed by atoms with Crippen LogP contribution in [0.15, 0.2) is 36.4 Å². The fourth-order valence-electron chi connectivity index (χ4n) is 2.35. The number of aryl methyl sites for hydroxylation is 1. The summed E-state index contributed by atoms with van der Waals surface area (Å²) >= 11 is 1.65. The van der Waals surface area contributed by atoms with E-state index in [2.05, 4.69) is 0 Å². The second-order valence-electron chi connectivity index (χ2n) is 4.98. The van der Waals surface area contributed by atoms with Crippen molar-refractivity contribution in [3.05, 3.63) is 51.7 Å². The minimum absolute atomic E-state index is 0.219. The number of carbonyl (C=O) groups excluding carboxylic acids is 1. The van der Waals surface area contributed by atoms with E-state index in [1.807, 2.05) is 43.3 Å². The summed E-state index contributed by atoms with van der Waals surface area (Å²) < 4.78 is 10.3. The molecule has 0 aliphatic rings. The van der Waals surface area contributed by atoms with E-state index in [1.54, 1.807) is 25.4 Å². The van der Waals surface area contributed by atoms with E-state index in [1.165, 1.54) is 4.88 Å². The van der Waals surface area contributed by atoms with Gasteiger partial charge in [0.2, 0.25) is 0 Å². The molecular formula is C17H21NO3S. The van der Waals surface area contributed by atoms with E-state index in [0.29, 0.717) is 6.61 Å². The molecule has 1 heterocycles. The number of rotatable bonds is 6. The number of methoxy groups -OCH3 is 1. The van der Waals surface area contributed by atoms with Gasteiger partial charge in [0.1, 0.15) is 11.8 Å². The summed E-state index contributed by atoms with van der Waals surface area (Å²) in [4.78, 5) is 14.3. The minimum atomic E-state index is -0.730. The Balaban J connectivity index is 2.38. The predicted octanol–water partition coefficient (Wildman–Crippen LogP) is 3.09. The van der Waals surface area contributed by atoms with Gasteiger partial charge in [0.25, 0.3) is 0 Å². The standard InChI is InChI=1S/C17H21NO3S/c1-4-21-17(19)16(18)15(14-10-5-11(2)22-14)12-6-8-13(20-3)9-7-12/h5-10,15-16H,4,18H2,1-3H3/t15-,16-/m0/s1. The predicted molar refractivity (Wildman–Crippen MR) is 88.5 cm³/mol. The van der Waals surface area contributed by atoms with Crippen LogP contribution in [-0.4, -0.2) is 25.7 Å². The third kappa shape index (κ3) is 3.67. The van der Waals surface area contributed by atoms with Crippen LogP contribution in [0.25, 0.3) is 0 Å². The number of hydrogen-bond donors (Lipinski definition) is 1. The maximum atomic E-state index is 12.1. The molecule has 118 valence electrons. The van der Waals surface area contributed by atoms with Gasteiger partial charge in [-0.25, -0.2) is 0 Å². The molecule has 0 radical (unpaired) electrons. The summed E-state index contributed by atoms with van der Waals surface area (Å²) in [7, 11) is 1.62. The van der Waals surface area contributed by atoms with Gasteiger partial charge in [-0.05, 0) is 43.7 Å². The third-order valence-electron chi connectivity index (χ3n) is 3.46. The average Bonchev–Trinajstić information content (AvgIpc) is 2.94.